The molecular formula is C27H27N3O3. The molecule has 1 aliphatic rings. The third-order valence-corrected chi connectivity index (χ3v) is 6.33. The van der Waals surface area contributed by atoms with E-state index in [1.165, 1.54) is 11.1 Å². The second-order valence-electron chi connectivity index (χ2n) is 8.34. The Kier molecular flexibility index (Phi) is 5.42. The minimum absolute atomic E-state index is 0.132. The van der Waals surface area contributed by atoms with E-state index in [0.717, 1.165) is 45.8 Å². The molecule has 33 heavy (non-hydrogen) atoms. The van der Waals surface area contributed by atoms with Gasteiger partial charge in [-0.3, -0.25) is 0 Å². The predicted octanol–water partition coefficient (Wildman–Crippen LogP) is 5.67. The Morgan fingerprint density at radius 2 is 1.67 bits per heavy atom. The van der Waals surface area contributed by atoms with Crippen molar-refractivity contribution in [3.8, 4) is 11.5 Å². The summed E-state index contributed by atoms with van der Waals surface area (Å²) in [5.74, 6) is 1.58. The second-order valence-corrected chi connectivity index (χ2v) is 8.34. The topological polar surface area (TPSA) is 66.6 Å². The van der Waals surface area contributed by atoms with Gasteiger partial charge in [0.25, 0.3) is 0 Å². The molecule has 0 unspecified atom stereocenters. The van der Waals surface area contributed by atoms with Crippen LogP contribution in [0, 0.1) is 6.92 Å². The van der Waals surface area contributed by atoms with Crippen molar-refractivity contribution >= 4 is 22.6 Å². The molecule has 2 heterocycles. The van der Waals surface area contributed by atoms with Crippen LogP contribution in [0.5, 0.6) is 11.5 Å². The first-order chi connectivity index (χ1) is 16.1. The van der Waals surface area contributed by atoms with Crippen molar-refractivity contribution in [2.75, 3.05) is 26.1 Å². The SMILES string of the molecule is COc1ccc(NC(=O)N2CCc3c([nH]c4ccc(OC)cc34)[C@@H]2c2ccc(C)cc2)cc1. The molecule has 4 aromatic rings. The van der Waals surface area contributed by atoms with Crippen LogP contribution >= 0.6 is 0 Å². The molecule has 1 aliphatic heterocycles. The van der Waals surface area contributed by atoms with Gasteiger partial charge in [0.2, 0.25) is 0 Å². The number of hydrogen-bond acceptors (Lipinski definition) is 3. The molecular weight excluding hydrogens is 414 g/mol. The molecule has 2 amide bonds. The van der Waals surface area contributed by atoms with Crippen molar-refractivity contribution in [1.29, 1.82) is 0 Å². The van der Waals surface area contributed by atoms with E-state index in [0.29, 0.717) is 6.54 Å². The first kappa shape index (κ1) is 20.9. The van der Waals surface area contributed by atoms with E-state index in [4.69, 9.17) is 9.47 Å². The lowest BCUT2D eigenvalue weighted by molar-refractivity contribution is 0.193. The van der Waals surface area contributed by atoms with Crippen LogP contribution in [0.25, 0.3) is 10.9 Å². The molecule has 6 nitrogen and oxygen atoms in total. The van der Waals surface area contributed by atoms with Gasteiger partial charge in [0, 0.05) is 28.8 Å². The van der Waals surface area contributed by atoms with Gasteiger partial charge in [-0.25, -0.2) is 4.79 Å². The number of aryl methyl sites for hydroxylation is 1. The summed E-state index contributed by atoms with van der Waals surface area (Å²) >= 11 is 0. The number of benzene rings is 3. The Balaban J connectivity index is 1.55. The monoisotopic (exact) mass is 441 g/mol. The number of aromatic nitrogens is 1. The summed E-state index contributed by atoms with van der Waals surface area (Å²) in [6, 6.07) is 21.5. The second kappa shape index (κ2) is 8.54. The van der Waals surface area contributed by atoms with Crippen LogP contribution in [0.15, 0.2) is 66.7 Å². The number of aromatic amines is 1. The van der Waals surface area contributed by atoms with Crippen molar-refractivity contribution in [3.05, 3.63) is 89.1 Å². The number of hydrogen-bond donors (Lipinski definition) is 2. The van der Waals surface area contributed by atoms with Gasteiger partial charge in [0.1, 0.15) is 11.5 Å². The first-order valence-corrected chi connectivity index (χ1v) is 11.0. The number of methoxy groups -OCH3 is 2. The molecule has 0 fully saturated rings. The molecule has 0 spiro atoms. The Hall–Kier alpha value is -3.93. The Bertz CT molecular complexity index is 1290. The summed E-state index contributed by atoms with van der Waals surface area (Å²) in [7, 11) is 3.31. The molecule has 168 valence electrons. The third kappa shape index (κ3) is 3.89. The average Bonchev–Trinajstić information content (AvgIpc) is 3.22. The zero-order chi connectivity index (χ0) is 22.9. The van der Waals surface area contributed by atoms with Crippen molar-refractivity contribution in [2.45, 2.75) is 19.4 Å². The van der Waals surface area contributed by atoms with E-state index in [-0.39, 0.29) is 12.1 Å². The summed E-state index contributed by atoms with van der Waals surface area (Å²) < 4.78 is 10.7. The van der Waals surface area contributed by atoms with E-state index >= 15 is 0 Å². The number of nitrogens with zero attached hydrogens (tertiary/aromatic N) is 1. The number of fused-ring (bicyclic) bond motifs is 3. The van der Waals surface area contributed by atoms with Gasteiger partial charge in [0.05, 0.1) is 20.3 Å². The standard InChI is InChI=1S/C27H27N3O3/c1-17-4-6-18(7-5-17)26-25-22(23-16-21(33-3)12-13-24(23)29-25)14-15-30(26)27(31)28-19-8-10-20(32-2)11-9-19/h4-13,16,26,29H,14-15H2,1-3H3,(H,28,31)/t26-/m0/s1. The molecule has 0 aliphatic carbocycles. The molecule has 5 rings (SSSR count). The fraction of sp³-hybridized carbons (Fsp3) is 0.222. The Labute approximate surface area is 193 Å². The number of nitrogens with one attached hydrogen (secondary N) is 2. The highest BCUT2D eigenvalue weighted by Crippen LogP contribution is 2.39. The largest absolute Gasteiger partial charge is 0.497 e. The molecule has 0 saturated carbocycles. The zero-order valence-electron chi connectivity index (χ0n) is 19.0. The van der Waals surface area contributed by atoms with Crippen LogP contribution < -0.4 is 14.8 Å². The van der Waals surface area contributed by atoms with Crippen molar-refractivity contribution in [2.24, 2.45) is 0 Å². The van der Waals surface area contributed by atoms with Crippen LogP contribution in [0.1, 0.15) is 28.4 Å². The number of urea groups is 1. The summed E-state index contributed by atoms with van der Waals surface area (Å²) in [5.41, 5.74) is 6.34. The highest BCUT2D eigenvalue weighted by molar-refractivity contribution is 5.92. The number of rotatable bonds is 4. The lowest BCUT2D eigenvalue weighted by atomic mass is 9.92. The summed E-state index contributed by atoms with van der Waals surface area (Å²) in [5, 5.41) is 4.20. The van der Waals surface area contributed by atoms with Gasteiger partial charge < -0.3 is 24.7 Å². The maximum atomic E-state index is 13.4. The molecule has 1 aromatic heterocycles. The highest BCUT2D eigenvalue weighted by Gasteiger charge is 2.34. The van der Waals surface area contributed by atoms with Crippen LogP contribution in [-0.4, -0.2) is 36.7 Å². The molecule has 6 heteroatoms. The quantitative estimate of drug-likeness (QED) is 0.429. The van der Waals surface area contributed by atoms with Crippen LogP contribution in [0.3, 0.4) is 0 Å². The Morgan fingerprint density at radius 1 is 0.970 bits per heavy atom. The van der Waals surface area contributed by atoms with Gasteiger partial charge in [-0.2, -0.15) is 0 Å². The van der Waals surface area contributed by atoms with Crippen LogP contribution in [0.4, 0.5) is 10.5 Å². The zero-order valence-corrected chi connectivity index (χ0v) is 19.0. The fourth-order valence-electron chi connectivity index (χ4n) is 4.58. The predicted molar refractivity (Wildman–Crippen MR) is 130 cm³/mol. The van der Waals surface area contributed by atoms with Gasteiger partial charge in [-0.05, 0) is 66.9 Å². The number of carbonyl (C=O) groups is 1. The minimum atomic E-state index is -0.217. The first-order valence-electron chi connectivity index (χ1n) is 11.0. The lowest BCUT2D eigenvalue weighted by Crippen LogP contribution is -2.43. The minimum Gasteiger partial charge on any atom is -0.497 e. The maximum Gasteiger partial charge on any atom is 0.322 e. The molecule has 1 atom stereocenters. The van der Waals surface area contributed by atoms with E-state index in [9.17, 15) is 4.79 Å². The van der Waals surface area contributed by atoms with Gasteiger partial charge in [-0.1, -0.05) is 29.8 Å². The van der Waals surface area contributed by atoms with E-state index in [1.807, 2.05) is 41.3 Å². The number of carbonyl (C=O) groups excluding carboxylic acids is 1. The fourth-order valence-corrected chi connectivity index (χ4v) is 4.58. The normalized spacial score (nSPS) is 15.2. The van der Waals surface area contributed by atoms with E-state index < -0.39 is 0 Å². The number of ether oxygens (including phenoxy) is 2. The molecule has 0 radical (unpaired) electrons. The van der Waals surface area contributed by atoms with Crippen LogP contribution in [-0.2, 0) is 6.42 Å². The summed E-state index contributed by atoms with van der Waals surface area (Å²) in [6.45, 7) is 2.68. The van der Waals surface area contributed by atoms with Crippen molar-refractivity contribution in [3.63, 3.8) is 0 Å². The van der Waals surface area contributed by atoms with Gasteiger partial charge in [-0.15, -0.1) is 0 Å². The smallest absolute Gasteiger partial charge is 0.322 e. The van der Waals surface area contributed by atoms with E-state index in [2.05, 4.69) is 47.6 Å². The number of H-pyrrole nitrogens is 1. The maximum absolute atomic E-state index is 13.4. The molecule has 3 aromatic carbocycles. The van der Waals surface area contributed by atoms with Crippen LogP contribution in [0.2, 0.25) is 0 Å². The number of amides is 2. The molecule has 0 bridgehead atoms. The van der Waals surface area contributed by atoms with Crippen molar-refractivity contribution < 1.29 is 14.3 Å². The molecule has 0 saturated heterocycles. The average molecular weight is 442 g/mol. The number of anilines is 1. The summed E-state index contributed by atoms with van der Waals surface area (Å²) in [6.07, 6.45) is 0.765. The van der Waals surface area contributed by atoms with Gasteiger partial charge >= 0.3 is 6.03 Å². The van der Waals surface area contributed by atoms with Crippen molar-refractivity contribution in [1.82, 2.24) is 9.88 Å². The van der Waals surface area contributed by atoms with Gasteiger partial charge in [0.15, 0.2) is 0 Å². The highest BCUT2D eigenvalue weighted by atomic mass is 16.5. The molecule has 2 N–H and O–H groups in total. The third-order valence-electron chi connectivity index (χ3n) is 6.33. The summed E-state index contributed by atoms with van der Waals surface area (Å²) in [4.78, 5) is 19.0. The lowest BCUT2D eigenvalue weighted by Gasteiger charge is -2.36. The van der Waals surface area contributed by atoms with E-state index in [1.54, 1.807) is 14.2 Å². The Morgan fingerprint density at radius 3 is 2.36 bits per heavy atom.